The molecule has 0 spiro atoms. The van der Waals surface area contributed by atoms with Gasteiger partial charge in [0.1, 0.15) is 0 Å². The van der Waals surface area contributed by atoms with Crippen LogP contribution in [0.3, 0.4) is 0 Å². The Morgan fingerprint density at radius 2 is 1.29 bits per heavy atom. The van der Waals surface area contributed by atoms with Gasteiger partial charge in [0, 0.05) is 17.8 Å². The van der Waals surface area contributed by atoms with Gasteiger partial charge in [-0.2, -0.15) is 0 Å². The van der Waals surface area contributed by atoms with Crippen LogP contribution in [0.15, 0.2) is 72.8 Å². The predicted octanol–water partition coefficient (Wildman–Crippen LogP) is 5.59. The zero-order chi connectivity index (χ0) is 16.5. The first-order valence-electron chi connectivity index (χ1n) is 8.33. The number of rotatable bonds is 3. The summed E-state index contributed by atoms with van der Waals surface area (Å²) in [5.41, 5.74) is 3.78. The van der Waals surface area contributed by atoms with Gasteiger partial charge in [-0.05, 0) is 45.4 Å². The van der Waals surface area contributed by atoms with E-state index >= 15 is 0 Å². The van der Waals surface area contributed by atoms with Crippen molar-refractivity contribution in [1.82, 2.24) is 0 Å². The fourth-order valence-electron chi connectivity index (χ4n) is 3.45. The summed E-state index contributed by atoms with van der Waals surface area (Å²) in [7, 11) is 2.91. The standard InChI is InChI=1S/C22H20NP/c1-2-23-19-13-11-15-7-3-5-9-17(15)21(19)22-18-10-6-4-8-16(18)12-14-20(22)24/h3-14,23H,2,24H2,1H3. The summed E-state index contributed by atoms with van der Waals surface area (Å²) in [5, 5.41) is 9.90. The van der Waals surface area contributed by atoms with Gasteiger partial charge in [0.2, 0.25) is 0 Å². The predicted molar refractivity (Wildman–Crippen MR) is 110 cm³/mol. The molecule has 0 aliphatic rings. The maximum absolute atomic E-state index is 3.55. The van der Waals surface area contributed by atoms with Crippen molar-refractivity contribution in [1.29, 1.82) is 0 Å². The van der Waals surface area contributed by atoms with Gasteiger partial charge in [0.25, 0.3) is 0 Å². The Labute approximate surface area is 144 Å². The first kappa shape index (κ1) is 15.2. The van der Waals surface area contributed by atoms with Crippen LogP contribution in [-0.4, -0.2) is 6.54 Å². The average molecular weight is 329 g/mol. The summed E-state index contributed by atoms with van der Waals surface area (Å²) < 4.78 is 0. The van der Waals surface area contributed by atoms with E-state index in [1.807, 2.05) is 0 Å². The van der Waals surface area contributed by atoms with E-state index in [1.165, 1.54) is 43.7 Å². The van der Waals surface area contributed by atoms with E-state index in [2.05, 4.69) is 94.3 Å². The van der Waals surface area contributed by atoms with Crippen molar-refractivity contribution in [2.75, 3.05) is 11.9 Å². The summed E-state index contributed by atoms with van der Waals surface area (Å²) in [6.45, 7) is 3.05. The smallest absolute Gasteiger partial charge is 0.0426 e. The van der Waals surface area contributed by atoms with Crippen LogP contribution in [0, 0.1) is 0 Å². The van der Waals surface area contributed by atoms with Crippen LogP contribution in [0.25, 0.3) is 32.7 Å². The van der Waals surface area contributed by atoms with Gasteiger partial charge in [-0.25, -0.2) is 0 Å². The molecule has 1 atom stereocenters. The van der Waals surface area contributed by atoms with Crippen molar-refractivity contribution in [2.24, 2.45) is 0 Å². The minimum Gasteiger partial charge on any atom is -0.385 e. The summed E-state index contributed by atoms with van der Waals surface area (Å²) in [5.74, 6) is 0. The summed E-state index contributed by atoms with van der Waals surface area (Å²) in [4.78, 5) is 0. The van der Waals surface area contributed by atoms with Gasteiger partial charge < -0.3 is 5.32 Å². The Bertz CT molecular complexity index is 1040. The highest BCUT2D eigenvalue weighted by Crippen LogP contribution is 2.39. The molecule has 0 amide bonds. The molecule has 24 heavy (non-hydrogen) atoms. The number of hydrogen-bond donors (Lipinski definition) is 1. The van der Waals surface area contributed by atoms with E-state index in [-0.39, 0.29) is 0 Å². The van der Waals surface area contributed by atoms with Crippen molar-refractivity contribution < 1.29 is 0 Å². The highest BCUT2D eigenvalue weighted by molar-refractivity contribution is 7.28. The molecule has 0 radical (unpaired) electrons. The lowest BCUT2D eigenvalue weighted by molar-refractivity contribution is 1.22. The minimum absolute atomic E-state index is 0.905. The third kappa shape index (κ3) is 2.46. The second kappa shape index (κ2) is 6.26. The fraction of sp³-hybridized carbons (Fsp3) is 0.0909. The van der Waals surface area contributed by atoms with Crippen LogP contribution in [0.5, 0.6) is 0 Å². The van der Waals surface area contributed by atoms with E-state index in [0.29, 0.717) is 0 Å². The van der Waals surface area contributed by atoms with Crippen LogP contribution in [0.2, 0.25) is 0 Å². The third-order valence-electron chi connectivity index (χ3n) is 4.51. The molecular weight excluding hydrogens is 309 g/mol. The van der Waals surface area contributed by atoms with Gasteiger partial charge in [-0.15, -0.1) is 9.24 Å². The molecule has 2 heteroatoms. The number of anilines is 1. The first-order valence-corrected chi connectivity index (χ1v) is 8.90. The quantitative estimate of drug-likeness (QED) is 0.483. The van der Waals surface area contributed by atoms with Crippen molar-refractivity contribution in [2.45, 2.75) is 6.92 Å². The molecule has 4 aromatic rings. The second-order valence-corrected chi connectivity index (χ2v) is 6.61. The second-order valence-electron chi connectivity index (χ2n) is 5.99. The van der Waals surface area contributed by atoms with Crippen LogP contribution in [0.1, 0.15) is 6.92 Å². The average Bonchev–Trinajstić information content (AvgIpc) is 2.62. The summed E-state index contributed by atoms with van der Waals surface area (Å²) in [6, 6.07) is 26.0. The Kier molecular flexibility index (Phi) is 3.96. The molecule has 0 saturated carbocycles. The molecular formula is C22H20NP. The Hall–Kier alpha value is -2.37. The number of benzene rings is 4. The fourth-order valence-corrected chi connectivity index (χ4v) is 3.84. The molecule has 0 saturated heterocycles. The molecule has 1 nitrogen and oxygen atoms in total. The zero-order valence-corrected chi connectivity index (χ0v) is 14.9. The SMILES string of the molecule is CCNc1ccc2ccccc2c1-c1c(P)ccc2ccccc12. The molecule has 0 bridgehead atoms. The molecule has 118 valence electrons. The maximum Gasteiger partial charge on any atom is 0.0426 e. The van der Waals surface area contributed by atoms with E-state index in [1.54, 1.807) is 0 Å². The van der Waals surface area contributed by atoms with Crippen molar-refractivity contribution in [3.05, 3.63) is 72.8 Å². The molecule has 0 fully saturated rings. The highest BCUT2D eigenvalue weighted by Gasteiger charge is 2.14. The lowest BCUT2D eigenvalue weighted by atomic mass is 9.92. The topological polar surface area (TPSA) is 12.0 Å². The van der Waals surface area contributed by atoms with Gasteiger partial charge in [0.05, 0.1) is 0 Å². The third-order valence-corrected chi connectivity index (χ3v) is 4.99. The van der Waals surface area contributed by atoms with Crippen LogP contribution < -0.4 is 10.6 Å². The van der Waals surface area contributed by atoms with Crippen molar-refractivity contribution >= 4 is 41.8 Å². The molecule has 0 heterocycles. The number of hydrogen-bond acceptors (Lipinski definition) is 1. The van der Waals surface area contributed by atoms with E-state index in [4.69, 9.17) is 0 Å². The molecule has 4 aromatic carbocycles. The molecule has 1 N–H and O–H groups in total. The molecule has 4 rings (SSSR count). The summed E-state index contributed by atoms with van der Waals surface area (Å²) in [6.07, 6.45) is 0. The van der Waals surface area contributed by atoms with Crippen molar-refractivity contribution in [3.8, 4) is 11.1 Å². The Balaban J connectivity index is 2.17. The molecule has 0 aliphatic heterocycles. The van der Waals surface area contributed by atoms with E-state index in [9.17, 15) is 0 Å². The number of fused-ring (bicyclic) bond motifs is 2. The highest BCUT2D eigenvalue weighted by atomic mass is 31.0. The van der Waals surface area contributed by atoms with Crippen LogP contribution >= 0.6 is 9.24 Å². The Morgan fingerprint density at radius 1 is 0.708 bits per heavy atom. The largest absolute Gasteiger partial charge is 0.385 e. The molecule has 0 aromatic heterocycles. The lowest BCUT2D eigenvalue weighted by Crippen LogP contribution is -2.04. The molecule has 1 unspecified atom stereocenters. The minimum atomic E-state index is 0.905. The maximum atomic E-state index is 3.55. The first-order chi connectivity index (χ1) is 11.8. The zero-order valence-electron chi connectivity index (χ0n) is 13.7. The lowest BCUT2D eigenvalue weighted by Gasteiger charge is -2.18. The van der Waals surface area contributed by atoms with E-state index in [0.717, 1.165) is 6.54 Å². The Morgan fingerprint density at radius 3 is 1.96 bits per heavy atom. The molecule has 0 aliphatic carbocycles. The van der Waals surface area contributed by atoms with Crippen LogP contribution in [0.4, 0.5) is 5.69 Å². The van der Waals surface area contributed by atoms with Crippen LogP contribution in [-0.2, 0) is 0 Å². The normalized spacial score (nSPS) is 11.1. The van der Waals surface area contributed by atoms with Gasteiger partial charge in [-0.3, -0.25) is 0 Å². The van der Waals surface area contributed by atoms with Gasteiger partial charge in [0.15, 0.2) is 0 Å². The summed E-state index contributed by atoms with van der Waals surface area (Å²) >= 11 is 0. The van der Waals surface area contributed by atoms with Crippen molar-refractivity contribution in [3.63, 3.8) is 0 Å². The number of nitrogens with one attached hydrogen (secondary N) is 1. The van der Waals surface area contributed by atoms with Gasteiger partial charge >= 0.3 is 0 Å². The monoisotopic (exact) mass is 329 g/mol. The van der Waals surface area contributed by atoms with Gasteiger partial charge in [-0.1, -0.05) is 66.7 Å². The van der Waals surface area contributed by atoms with E-state index < -0.39 is 0 Å².